The monoisotopic (exact) mass is 244 g/mol. The van der Waals surface area contributed by atoms with Crippen molar-refractivity contribution in [2.24, 2.45) is 0 Å². The van der Waals surface area contributed by atoms with Crippen LogP contribution < -0.4 is 0 Å². The number of rotatable bonds is 3. The maximum Gasteiger partial charge on any atom is 0.235 e. The van der Waals surface area contributed by atoms with Crippen LogP contribution in [0, 0.1) is 11.8 Å². The molecule has 1 fully saturated rings. The lowest BCUT2D eigenvalue weighted by Gasteiger charge is -2.21. The summed E-state index contributed by atoms with van der Waals surface area (Å²) >= 11 is 0. The van der Waals surface area contributed by atoms with Crippen LogP contribution in [0.4, 0.5) is 0 Å². The van der Waals surface area contributed by atoms with Gasteiger partial charge in [-0.2, -0.15) is 0 Å². The predicted molar refractivity (Wildman–Crippen MR) is 68.1 cm³/mol. The van der Waals surface area contributed by atoms with Crippen molar-refractivity contribution in [1.29, 1.82) is 0 Å². The topological polar surface area (TPSA) is 35.5 Å². The molecule has 3 heteroatoms. The van der Waals surface area contributed by atoms with Crippen LogP contribution in [0.3, 0.4) is 0 Å². The summed E-state index contributed by atoms with van der Waals surface area (Å²) in [6, 6.07) is 9.01. The summed E-state index contributed by atoms with van der Waals surface area (Å²) in [5.74, 6) is 5.12. The number of carbonyl (C=O) groups excluding carboxylic acids is 1. The van der Waals surface area contributed by atoms with E-state index in [9.17, 15) is 4.79 Å². The second kappa shape index (κ2) is 6.95. The SMILES string of the molecule is O=C(C#CCOC1CCCCO1)c1ccccc1. The Bertz CT molecular complexity index is 436. The molecule has 1 aromatic rings. The van der Waals surface area contributed by atoms with Crippen molar-refractivity contribution in [2.75, 3.05) is 13.2 Å². The number of Topliss-reactive ketones (excluding diaryl/α,β-unsaturated/α-hetero) is 1. The molecule has 94 valence electrons. The summed E-state index contributed by atoms with van der Waals surface area (Å²) in [7, 11) is 0. The van der Waals surface area contributed by atoms with E-state index in [1.165, 1.54) is 0 Å². The molecular weight excluding hydrogens is 228 g/mol. The van der Waals surface area contributed by atoms with E-state index in [0.717, 1.165) is 25.9 Å². The second-order valence-electron chi connectivity index (χ2n) is 4.10. The molecule has 1 heterocycles. The molecule has 0 aromatic heterocycles. The molecule has 1 unspecified atom stereocenters. The van der Waals surface area contributed by atoms with Crippen molar-refractivity contribution in [3.05, 3.63) is 35.9 Å². The third-order valence-electron chi connectivity index (χ3n) is 2.72. The predicted octanol–water partition coefficient (Wildman–Crippen LogP) is 2.42. The normalized spacial score (nSPS) is 18.8. The molecular formula is C15H16O3. The molecule has 2 rings (SSSR count). The van der Waals surface area contributed by atoms with Crippen LogP contribution in [0.25, 0.3) is 0 Å². The number of hydrogen-bond acceptors (Lipinski definition) is 3. The number of hydrogen-bond donors (Lipinski definition) is 0. The van der Waals surface area contributed by atoms with Gasteiger partial charge >= 0.3 is 0 Å². The lowest BCUT2D eigenvalue weighted by Crippen LogP contribution is -2.22. The molecule has 1 aliphatic heterocycles. The number of benzene rings is 1. The summed E-state index contributed by atoms with van der Waals surface area (Å²) in [5.41, 5.74) is 0.610. The van der Waals surface area contributed by atoms with Gasteiger partial charge < -0.3 is 9.47 Å². The number of carbonyl (C=O) groups is 1. The molecule has 3 nitrogen and oxygen atoms in total. The highest BCUT2D eigenvalue weighted by molar-refractivity contribution is 6.08. The maximum absolute atomic E-state index is 11.6. The van der Waals surface area contributed by atoms with Gasteiger partial charge in [0.2, 0.25) is 5.78 Å². The van der Waals surface area contributed by atoms with Gasteiger partial charge in [-0.25, -0.2) is 0 Å². The van der Waals surface area contributed by atoms with Crippen LogP contribution in [0.2, 0.25) is 0 Å². The highest BCUT2D eigenvalue weighted by Crippen LogP contribution is 2.13. The highest BCUT2D eigenvalue weighted by Gasteiger charge is 2.12. The zero-order valence-corrected chi connectivity index (χ0v) is 10.2. The first-order chi connectivity index (χ1) is 8.86. The van der Waals surface area contributed by atoms with E-state index in [-0.39, 0.29) is 18.7 Å². The summed E-state index contributed by atoms with van der Waals surface area (Å²) < 4.78 is 10.8. The van der Waals surface area contributed by atoms with Crippen LogP contribution in [0.1, 0.15) is 29.6 Å². The Labute approximate surface area is 107 Å². The minimum Gasteiger partial charge on any atom is -0.353 e. The second-order valence-corrected chi connectivity index (χ2v) is 4.10. The molecule has 18 heavy (non-hydrogen) atoms. The van der Waals surface area contributed by atoms with E-state index in [2.05, 4.69) is 11.8 Å². The first kappa shape index (κ1) is 12.8. The fourth-order valence-corrected chi connectivity index (χ4v) is 1.76. The molecule has 1 aliphatic rings. The molecule has 1 atom stereocenters. The fraction of sp³-hybridized carbons (Fsp3) is 0.400. The molecule has 1 saturated heterocycles. The fourth-order valence-electron chi connectivity index (χ4n) is 1.76. The van der Waals surface area contributed by atoms with Crippen LogP contribution in [0.15, 0.2) is 30.3 Å². The van der Waals surface area contributed by atoms with Gasteiger partial charge in [0.15, 0.2) is 6.29 Å². The lowest BCUT2D eigenvalue weighted by atomic mass is 10.1. The van der Waals surface area contributed by atoms with Crippen LogP contribution in [-0.2, 0) is 9.47 Å². The minimum absolute atomic E-state index is 0.153. The summed E-state index contributed by atoms with van der Waals surface area (Å²) in [6.07, 6.45) is 2.98. The van der Waals surface area contributed by atoms with Gasteiger partial charge in [0.05, 0.1) is 0 Å². The Morgan fingerprint density at radius 3 is 2.89 bits per heavy atom. The Morgan fingerprint density at radius 1 is 1.33 bits per heavy atom. The van der Waals surface area contributed by atoms with E-state index in [0.29, 0.717) is 5.56 Å². The van der Waals surface area contributed by atoms with E-state index in [1.54, 1.807) is 12.1 Å². The number of ether oxygens (including phenoxy) is 2. The summed E-state index contributed by atoms with van der Waals surface area (Å²) in [4.78, 5) is 11.6. The van der Waals surface area contributed by atoms with Crippen LogP contribution in [0.5, 0.6) is 0 Å². The zero-order chi connectivity index (χ0) is 12.6. The molecule has 1 aromatic carbocycles. The van der Waals surface area contributed by atoms with Gasteiger partial charge in [-0.3, -0.25) is 4.79 Å². The average Bonchev–Trinajstić information content (AvgIpc) is 2.45. The van der Waals surface area contributed by atoms with Crippen molar-refractivity contribution in [2.45, 2.75) is 25.6 Å². The lowest BCUT2D eigenvalue weighted by molar-refractivity contribution is -0.154. The van der Waals surface area contributed by atoms with Gasteiger partial charge in [-0.15, -0.1) is 0 Å². The van der Waals surface area contributed by atoms with Crippen molar-refractivity contribution < 1.29 is 14.3 Å². The molecule has 0 N–H and O–H groups in total. The summed E-state index contributed by atoms with van der Waals surface area (Å²) in [5, 5.41) is 0. The Balaban J connectivity index is 1.76. The zero-order valence-electron chi connectivity index (χ0n) is 10.2. The van der Waals surface area contributed by atoms with Gasteiger partial charge in [0.25, 0.3) is 0 Å². The van der Waals surface area contributed by atoms with Gasteiger partial charge in [-0.1, -0.05) is 36.3 Å². The first-order valence-corrected chi connectivity index (χ1v) is 6.18. The molecule has 0 saturated carbocycles. The highest BCUT2D eigenvalue weighted by atomic mass is 16.7. The minimum atomic E-state index is -0.177. The van der Waals surface area contributed by atoms with Crippen LogP contribution in [-0.4, -0.2) is 25.3 Å². The molecule has 0 amide bonds. The number of ketones is 1. The van der Waals surface area contributed by atoms with Crippen molar-refractivity contribution in [1.82, 2.24) is 0 Å². The van der Waals surface area contributed by atoms with E-state index in [4.69, 9.17) is 9.47 Å². The Morgan fingerprint density at radius 2 is 2.17 bits per heavy atom. The quantitative estimate of drug-likeness (QED) is 0.465. The standard InChI is InChI=1S/C15H16O3/c16-14(13-7-2-1-3-8-13)9-6-12-18-15-10-4-5-11-17-15/h1-3,7-8,15H,4-5,10-12H2. The molecule has 0 radical (unpaired) electrons. The van der Waals surface area contributed by atoms with Gasteiger partial charge in [0, 0.05) is 12.2 Å². The van der Waals surface area contributed by atoms with Crippen LogP contribution >= 0.6 is 0 Å². The third-order valence-corrected chi connectivity index (χ3v) is 2.72. The largest absolute Gasteiger partial charge is 0.353 e. The maximum atomic E-state index is 11.6. The molecule has 0 aliphatic carbocycles. The first-order valence-electron chi connectivity index (χ1n) is 6.18. The summed E-state index contributed by atoms with van der Waals surface area (Å²) in [6.45, 7) is 0.990. The van der Waals surface area contributed by atoms with E-state index in [1.807, 2.05) is 18.2 Å². The smallest absolute Gasteiger partial charge is 0.235 e. The van der Waals surface area contributed by atoms with Crippen molar-refractivity contribution in [3.8, 4) is 11.8 Å². The van der Waals surface area contributed by atoms with E-state index < -0.39 is 0 Å². The molecule has 0 bridgehead atoms. The van der Waals surface area contributed by atoms with Gasteiger partial charge in [-0.05, 0) is 25.2 Å². The van der Waals surface area contributed by atoms with Crippen molar-refractivity contribution >= 4 is 5.78 Å². The van der Waals surface area contributed by atoms with Gasteiger partial charge in [0.1, 0.15) is 6.61 Å². The Hall–Kier alpha value is -1.63. The molecule has 0 spiro atoms. The average molecular weight is 244 g/mol. The van der Waals surface area contributed by atoms with E-state index >= 15 is 0 Å². The Kier molecular flexibility index (Phi) is 4.95. The van der Waals surface area contributed by atoms with Crippen molar-refractivity contribution in [3.63, 3.8) is 0 Å². The third kappa shape index (κ3) is 3.99.